The Bertz CT molecular complexity index is 781. The van der Waals surface area contributed by atoms with Crippen LogP contribution < -0.4 is 15.5 Å². The van der Waals surface area contributed by atoms with E-state index >= 15 is 0 Å². The Morgan fingerprint density at radius 3 is 2.53 bits per heavy atom. The molecule has 0 spiro atoms. The summed E-state index contributed by atoms with van der Waals surface area (Å²) in [6.45, 7) is 5.25. The molecule has 2 fully saturated rings. The number of carbonyl (C=O) groups excluding carboxylic acids is 1. The average molecular weight is 412 g/mol. The van der Waals surface area contributed by atoms with Crippen LogP contribution in [0.2, 0.25) is 0 Å². The molecular weight excluding hydrogens is 378 g/mol. The van der Waals surface area contributed by atoms with Gasteiger partial charge < -0.3 is 20.0 Å². The molecule has 7 nitrogen and oxygen atoms in total. The van der Waals surface area contributed by atoms with Crippen molar-refractivity contribution in [2.24, 2.45) is 0 Å². The lowest BCUT2D eigenvalue weighted by Crippen LogP contribution is -2.41. The number of hydrogen-bond acceptors (Lipinski definition) is 5. The summed E-state index contributed by atoms with van der Waals surface area (Å²) in [5.41, 5.74) is 1.07. The fourth-order valence-electron chi connectivity index (χ4n) is 4.42. The van der Waals surface area contributed by atoms with Crippen molar-refractivity contribution in [1.82, 2.24) is 20.5 Å². The fraction of sp³-hybridized carbons (Fsp3) is 0.565. The van der Waals surface area contributed by atoms with E-state index in [1.807, 2.05) is 24.4 Å². The standard InChI is InChI=1S/C23H33N5O2/c29-23(26-18-20(21-8-7-15-30-21)27-11-5-6-12-27)25-17-19-9-10-24-22(16-19)28-13-3-1-2-4-14-28/h7-10,15-16,20H,1-6,11-14,17-18H2,(H2,25,26,29). The van der Waals surface area contributed by atoms with Crippen LogP contribution in [0.1, 0.15) is 55.9 Å². The molecule has 0 saturated carbocycles. The molecule has 2 aromatic heterocycles. The Kier molecular flexibility index (Phi) is 7.24. The molecule has 2 aliphatic rings. The van der Waals surface area contributed by atoms with Gasteiger partial charge in [0.2, 0.25) is 0 Å². The van der Waals surface area contributed by atoms with Crippen LogP contribution in [0, 0.1) is 0 Å². The fourth-order valence-corrected chi connectivity index (χ4v) is 4.42. The largest absolute Gasteiger partial charge is 0.468 e. The van der Waals surface area contributed by atoms with Gasteiger partial charge in [-0.05, 0) is 68.6 Å². The van der Waals surface area contributed by atoms with Gasteiger partial charge in [-0.3, -0.25) is 4.90 Å². The molecule has 0 radical (unpaired) electrons. The SMILES string of the molecule is O=C(NCc1ccnc(N2CCCCCC2)c1)NCC(c1ccco1)N1CCCC1. The number of aromatic nitrogens is 1. The first kappa shape index (κ1) is 20.7. The summed E-state index contributed by atoms with van der Waals surface area (Å²) in [5.74, 6) is 1.93. The predicted octanol–water partition coefficient (Wildman–Crippen LogP) is 3.69. The second-order valence-electron chi connectivity index (χ2n) is 8.26. The molecule has 7 heteroatoms. The molecule has 0 bridgehead atoms. The molecule has 30 heavy (non-hydrogen) atoms. The summed E-state index contributed by atoms with van der Waals surface area (Å²) >= 11 is 0. The second kappa shape index (κ2) is 10.5. The van der Waals surface area contributed by atoms with Crippen molar-refractivity contribution in [3.05, 3.63) is 48.0 Å². The Hall–Kier alpha value is -2.54. The lowest BCUT2D eigenvalue weighted by atomic mass is 10.2. The number of pyridine rings is 1. The number of furan rings is 1. The lowest BCUT2D eigenvalue weighted by molar-refractivity contribution is 0.203. The third-order valence-corrected chi connectivity index (χ3v) is 6.10. The molecule has 0 aliphatic carbocycles. The minimum atomic E-state index is -0.154. The number of urea groups is 1. The summed E-state index contributed by atoms with van der Waals surface area (Å²) in [6, 6.07) is 7.90. The Balaban J connectivity index is 1.28. The van der Waals surface area contributed by atoms with Crippen LogP contribution in [0.3, 0.4) is 0 Å². The predicted molar refractivity (Wildman–Crippen MR) is 117 cm³/mol. The first-order valence-corrected chi connectivity index (χ1v) is 11.3. The molecule has 4 rings (SSSR count). The topological polar surface area (TPSA) is 73.6 Å². The van der Waals surface area contributed by atoms with Crippen molar-refractivity contribution in [3.8, 4) is 0 Å². The Labute approximate surface area is 178 Å². The zero-order chi connectivity index (χ0) is 20.6. The van der Waals surface area contributed by atoms with Gasteiger partial charge in [0, 0.05) is 32.4 Å². The maximum Gasteiger partial charge on any atom is 0.315 e. The molecule has 1 atom stereocenters. The molecule has 2 N–H and O–H groups in total. The first-order chi connectivity index (χ1) is 14.8. The molecule has 0 aromatic carbocycles. The number of nitrogens with one attached hydrogen (secondary N) is 2. The van der Waals surface area contributed by atoms with Crippen LogP contribution in [0.15, 0.2) is 41.1 Å². The van der Waals surface area contributed by atoms with Crippen molar-refractivity contribution >= 4 is 11.8 Å². The van der Waals surface area contributed by atoms with E-state index in [2.05, 4.69) is 31.5 Å². The number of amides is 2. The van der Waals surface area contributed by atoms with Crippen molar-refractivity contribution in [1.29, 1.82) is 0 Å². The van der Waals surface area contributed by atoms with Crippen LogP contribution in [0.5, 0.6) is 0 Å². The molecule has 2 amide bonds. The maximum absolute atomic E-state index is 12.4. The van der Waals surface area contributed by atoms with Gasteiger partial charge in [-0.25, -0.2) is 9.78 Å². The van der Waals surface area contributed by atoms with E-state index in [9.17, 15) is 4.79 Å². The van der Waals surface area contributed by atoms with Gasteiger partial charge in [-0.2, -0.15) is 0 Å². The van der Waals surface area contributed by atoms with E-state index in [1.165, 1.54) is 38.5 Å². The smallest absolute Gasteiger partial charge is 0.315 e. The molecular formula is C23H33N5O2. The van der Waals surface area contributed by atoms with E-state index in [0.29, 0.717) is 13.1 Å². The molecule has 4 heterocycles. The van der Waals surface area contributed by atoms with Crippen molar-refractivity contribution in [2.45, 2.75) is 51.1 Å². The van der Waals surface area contributed by atoms with E-state index in [0.717, 1.165) is 43.3 Å². The summed E-state index contributed by atoms with van der Waals surface area (Å²) in [5, 5.41) is 6.01. The quantitative estimate of drug-likeness (QED) is 0.727. The molecule has 2 aliphatic heterocycles. The first-order valence-electron chi connectivity index (χ1n) is 11.3. The van der Waals surface area contributed by atoms with E-state index in [1.54, 1.807) is 6.26 Å². The minimum absolute atomic E-state index is 0.0869. The van der Waals surface area contributed by atoms with Gasteiger partial charge in [0.15, 0.2) is 0 Å². The third-order valence-electron chi connectivity index (χ3n) is 6.10. The Morgan fingerprint density at radius 2 is 1.80 bits per heavy atom. The summed E-state index contributed by atoms with van der Waals surface area (Å²) in [7, 11) is 0. The number of rotatable bonds is 7. The molecule has 2 saturated heterocycles. The number of hydrogen-bond donors (Lipinski definition) is 2. The zero-order valence-corrected chi connectivity index (χ0v) is 17.7. The summed E-state index contributed by atoms with van der Waals surface area (Å²) in [4.78, 5) is 21.7. The Morgan fingerprint density at radius 1 is 1.03 bits per heavy atom. The molecule has 162 valence electrons. The maximum atomic E-state index is 12.4. The number of anilines is 1. The highest BCUT2D eigenvalue weighted by Gasteiger charge is 2.25. The number of carbonyl (C=O) groups is 1. The van der Waals surface area contributed by atoms with Gasteiger partial charge in [-0.1, -0.05) is 12.8 Å². The normalized spacial score (nSPS) is 18.7. The van der Waals surface area contributed by atoms with Crippen LogP contribution in [-0.2, 0) is 6.54 Å². The van der Waals surface area contributed by atoms with Gasteiger partial charge in [-0.15, -0.1) is 0 Å². The van der Waals surface area contributed by atoms with Crippen LogP contribution in [0.4, 0.5) is 10.6 Å². The van der Waals surface area contributed by atoms with Gasteiger partial charge in [0.1, 0.15) is 11.6 Å². The minimum Gasteiger partial charge on any atom is -0.468 e. The molecule has 1 unspecified atom stereocenters. The van der Waals surface area contributed by atoms with Gasteiger partial charge >= 0.3 is 6.03 Å². The van der Waals surface area contributed by atoms with E-state index in [4.69, 9.17) is 4.42 Å². The van der Waals surface area contributed by atoms with Gasteiger partial charge in [0.25, 0.3) is 0 Å². The number of likely N-dealkylation sites (tertiary alicyclic amines) is 1. The highest BCUT2D eigenvalue weighted by molar-refractivity contribution is 5.73. The summed E-state index contributed by atoms with van der Waals surface area (Å²) in [6.07, 6.45) is 11.0. The zero-order valence-electron chi connectivity index (χ0n) is 17.7. The van der Waals surface area contributed by atoms with E-state index < -0.39 is 0 Å². The van der Waals surface area contributed by atoms with Crippen molar-refractivity contribution < 1.29 is 9.21 Å². The highest BCUT2D eigenvalue weighted by Crippen LogP contribution is 2.25. The highest BCUT2D eigenvalue weighted by atomic mass is 16.3. The van der Waals surface area contributed by atoms with Crippen LogP contribution in [-0.4, -0.2) is 48.6 Å². The van der Waals surface area contributed by atoms with Crippen molar-refractivity contribution in [3.63, 3.8) is 0 Å². The second-order valence-corrected chi connectivity index (χ2v) is 8.26. The number of nitrogens with zero attached hydrogens (tertiary/aromatic N) is 3. The van der Waals surface area contributed by atoms with Crippen LogP contribution in [0.25, 0.3) is 0 Å². The average Bonchev–Trinajstić information content (AvgIpc) is 3.43. The van der Waals surface area contributed by atoms with Crippen LogP contribution >= 0.6 is 0 Å². The van der Waals surface area contributed by atoms with E-state index in [-0.39, 0.29) is 12.1 Å². The summed E-state index contributed by atoms with van der Waals surface area (Å²) < 4.78 is 5.62. The monoisotopic (exact) mass is 411 g/mol. The van der Waals surface area contributed by atoms with Gasteiger partial charge in [0.05, 0.1) is 12.3 Å². The van der Waals surface area contributed by atoms with Crippen molar-refractivity contribution in [2.75, 3.05) is 37.6 Å². The third kappa shape index (κ3) is 5.53. The lowest BCUT2D eigenvalue weighted by Gasteiger charge is -2.26. The molecule has 2 aromatic rings.